The smallest absolute Gasteiger partial charge is 0.135 e. The van der Waals surface area contributed by atoms with Crippen molar-refractivity contribution in [3.63, 3.8) is 0 Å². The molecule has 3 aromatic carbocycles. The van der Waals surface area contributed by atoms with Crippen molar-refractivity contribution in [2.24, 2.45) is 0 Å². The SMILES string of the molecule is CN1[N-]N(c2[c-]c(Oc3[c-]c4c(cc3)c3ccccc3n4-c3ccccn3)ccc2)c2ccncc21.[Pt]. The number of aromatic nitrogens is 3. The zero-order valence-electron chi connectivity index (χ0n) is 19.6. The molecular formula is C29H19N6OPt-3. The van der Waals surface area contributed by atoms with Crippen LogP contribution in [-0.2, 0) is 21.1 Å². The molecule has 7 rings (SSSR count). The van der Waals surface area contributed by atoms with Crippen LogP contribution in [0.4, 0.5) is 17.1 Å². The van der Waals surface area contributed by atoms with Crippen molar-refractivity contribution in [2.75, 3.05) is 17.1 Å². The molecule has 37 heavy (non-hydrogen) atoms. The molecule has 7 nitrogen and oxygen atoms in total. The molecule has 6 aromatic rings. The first-order valence-electron chi connectivity index (χ1n) is 11.5. The van der Waals surface area contributed by atoms with Crippen LogP contribution >= 0.6 is 0 Å². The third-order valence-electron chi connectivity index (χ3n) is 6.21. The van der Waals surface area contributed by atoms with Gasteiger partial charge in [-0.1, -0.05) is 35.5 Å². The fraction of sp³-hybridized carbons (Fsp3) is 0.0345. The Morgan fingerprint density at radius 3 is 2.54 bits per heavy atom. The Morgan fingerprint density at radius 1 is 0.784 bits per heavy atom. The molecule has 8 heteroatoms. The summed E-state index contributed by atoms with van der Waals surface area (Å²) in [6.07, 6.45) is 5.35. The molecule has 1 aliphatic rings. The van der Waals surface area contributed by atoms with Gasteiger partial charge in [-0.15, -0.1) is 35.7 Å². The molecule has 0 spiro atoms. The van der Waals surface area contributed by atoms with Gasteiger partial charge in [-0.2, -0.15) is 12.1 Å². The van der Waals surface area contributed by atoms with E-state index in [1.807, 2.05) is 72.7 Å². The standard InChI is InChI=1S/C29H19N6O.Pt/c1-33-28-19-30-16-14-26(28)35(32-33)20-7-6-8-21(17-20)36-22-12-13-24-23-9-2-3-10-25(23)34(27(24)18-22)29-11-4-5-15-31-29;/h2-16,19H,1H3;/q-3;. The molecule has 3 aromatic heterocycles. The Bertz CT molecular complexity index is 1740. The number of ether oxygens (including phenoxy) is 1. The van der Waals surface area contributed by atoms with Gasteiger partial charge >= 0.3 is 0 Å². The summed E-state index contributed by atoms with van der Waals surface area (Å²) in [6, 6.07) is 32.7. The van der Waals surface area contributed by atoms with Crippen molar-refractivity contribution in [2.45, 2.75) is 0 Å². The van der Waals surface area contributed by atoms with Crippen molar-refractivity contribution in [3.8, 4) is 17.3 Å². The summed E-state index contributed by atoms with van der Waals surface area (Å²) >= 11 is 0. The van der Waals surface area contributed by atoms with Crippen LogP contribution in [0.5, 0.6) is 11.5 Å². The van der Waals surface area contributed by atoms with Gasteiger partial charge in [0.25, 0.3) is 0 Å². The van der Waals surface area contributed by atoms with Crippen molar-refractivity contribution in [3.05, 3.63) is 115 Å². The molecule has 0 aliphatic carbocycles. The van der Waals surface area contributed by atoms with Gasteiger partial charge in [0.15, 0.2) is 0 Å². The minimum Gasteiger partial charge on any atom is -0.509 e. The van der Waals surface area contributed by atoms with E-state index in [4.69, 9.17) is 4.74 Å². The predicted octanol–water partition coefficient (Wildman–Crippen LogP) is 6.76. The van der Waals surface area contributed by atoms with E-state index in [-0.39, 0.29) is 21.1 Å². The number of rotatable bonds is 4. The van der Waals surface area contributed by atoms with Crippen molar-refractivity contribution >= 4 is 38.9 Å². The van der Waals surface area contributed by atoms with Crippen LogP contribution in [0.25, 0.3) is 33.2 Å². The minimum atomic E-state index is 0. The normalized spacial score (nSPS) is 12.6. The maximum Gasteiger partial charge on any atom is 0.135 e. The van der Waals surface area contributed by atoms with Crippen LogP contribution in [-0.4, -0.2) is 21.6 Å². The van der Waals surface area contributed by atoms with Gasteiger partial charge in [0, 0.05) is 56.2 Å². The van der Waals surface area contributed by atoms with Crippen LogP contribution in [0.3, 0.4) is 0 Å². The molecule has 0 N–H and O–H groups in total. The topological polar surface area (TPSA) is 60.5 Å². The van der Waals surface area contributed by atoms with Crippen LogP contribution in [0.2, 0.25) is 0 Å². The van der Waals surface area contributed by atoms with Gasteiger partial charge in [-0.25, -0.2) is 4.98 Å². The van der Waals surface area contributed by atoms with E-state index >= 15 is 0 Å². The first-order valence-corrected chi connectivity index (χ1v) is 11.5. The first kappa shape index (κ1) is 23.2. The predicted molar refractivity (Wildman–Crippen MR) is 141 cm³/mol. The third-order valence-corrected chi connectivity index (χ3v) is 6.21. The first-order chi connectivity index (χ1) is 17.8. The van der Waals surface area contributed by atoms with Crippen molar-refractivity contribution in [1.29, 1.82) is 0 Å². The summed E-state index contributed by atoms with van der Waals surface area (Å²) in [4.78, 5) is 8.79. The number of pyridine rings is 2. The number of fused-ring (bicyclic) bond motifs is 4. The fourth-order valence-electron chi connectivity index (χ4n) is 4.61. The summed E-state index contributed by atoms with van der Waals surface area (Å²) in [5, 5.41) is 5.85. The molecule has 1 aliphatic heterocycles. The molecule has 184 valence electrons. The van der Waals surface area contributed by atoms with Gasteiger partial charge in [-0.05, 0) is 36.7 Å². The Morgan fingerprint density at radius 2 is 1.65 bits per heavy atom. The average Bonchev–Trinajstić information content (AvgIpc) is 3.44. The van der Waals surface area contributed by atoms with E-state index in [9.17, 15) is 0 Å². The molecule has 0 amide bonds. The minimum absolute atomic E-state index is 0. The summed E-state index contributed by atoms with van der Waals surface area (Å²) < 4.78 is 8.36. The van der Waals surface area contributed by atoms with E-state index in [1.54, 1.807) is 23.6 Å². The van der Waals surface area contributed by atoms with Crippen LogP contribution < -0.4 is 14.8 Å². The molecule has 0 bridgehead atoms. The maximum atomic E-state index is 6.25. The molecular weight excluding hydrogens is 643 g/mol. The van der Waals surface area contributed by atoms with Crippen molar-refractivity contribution in [1.82, 2.24) is 14.5 Å². The van der Waals surface area contributed by atoms with Crippen LogP contribution in [0.1, 0.15) is 0 Å². The van der Waals surface area contributed by atoms with E-state index in [0.29, 0.717) is 11.5 Å². The average molecular weight is 663 g/mol. The summed E-state index contributed by atoms with van der Waals surface area (Å²) in [5.41, 5.74) is 9.22. The Balaban J connectivity index is 0.00000252. The van der Waals surface area contributed by atoms with Gasteiger partial charge in [0.05, 0.1) is 11.9 Å². The largest absolute Gasteiger partial charge is 0.509 e. The summed E-state index contributed by atoms with van der Waals surface area (Å²) in [7, 11) is 1.89. The van der Waals surface area contributed by atoms with Crippen molar-refractivity contribution < 1.29 is 25.8 Å². The molecule has 0 saturated carbocycles. The second-order valence-corrected chi connectivity index (χ2v) is 8.42. The molecule has 0 radical (unpaired) electrons. The number of benzene rings is 3. The zero-order valence-corrected chi connectivity index (χ0v) is 21.9. The maximum absolute atomic E-state index is 6.25. The van der Waals surface area contributed by atoms with Gasteiger partial charge in [-0.3, -0.25) is 4.98 Å². The Hall–Kier alpha value is -4.19. The number of hydrogen-bond acceptors (Lipinski definition) is 5. The number of para-hydroxylation sites is 1. The monoisotopic (exact) mass is 662 g/mol. The van der Waals surface area contributed by atoms with E-state index in [0.717, 1.165) is 44.7 Å². The Kier molecular flexibility index (Phi) is 5.87. The van der Waals surface area contributed by atoms with E-state index in [2.05, 4.69) is 50.4 Å². The fourth-order valence-corrected chi connectivity index (χ4v) is 4.61. The third kappa shape index (κ3) is 3.93. The second-order valence-electron chi connectivity index (χ2n) is 8.42. The summed E-state index contributed by atoms with van der Waals surface area (Å²) in [6.45, 7) is 0. The molecule has 0 fully saturated rings. The number of anilines is 3. The molecule has 4 heterocycles. The zero-order chi connectivity index (χ0) is 24.1. The van der Waals surface area contributed by atoms with Crippen LogP contribution in [0, 0.1) is 12.1 Å². The molecule has 0 atom stereocenters. The molecule has 0 saturated heterocycles. The molecule has 0 unspecified atom stereocenters. The van der Waals surface area contributed by atoms with Gasteiger partial charge in [0.2, 0.25) is 0 Å². The quantitative estimate of drug-likeness (QED) is 0.196. The van der Waals surface area contributed by atoms with Gasteiger partial charge < -0.3 is 24.9 Å². The second kappa shape index (κ2) is 9.36. The summed E-state index contributed by atoms with van der Waals surface area (Å²) in [5.74, 6) is 2.00. The number of nitrogens with zero attached hydrogens (tertiary/aromatic N) is 6. The van der Waals surface area contributed by atoms with Crippen LogP contribution in [0.15, 0.2) is 97.5 Å². The Labute approximate surface area is 228 Å². The van der Waals surface area contributed by atoms with E-state index < -0.39 is 0 Å². The number of hydrogen-bond donors (Lipinski definition) is 0. The van der Waals surface area contributed by atoms with Gasteiger partial charge in [0.1, 0.15) is 5.82 Å². The van der Waals surface area contributed by atoms with E-state index in [1.165, 1.54) is 0 Å².